The number of carbonyl (C=O) groups is 1. The van der Waals surface area contributed by atoms with Gasteiger partial charge in [0.2, 0.25) is 5.91 Å². The number of carbonyl (C=O) groups excluding carboxylic acids is 1. The molecule has 0 spiro atoms. The lowest BCUT2D eigenvalue weighted by atomic mass is 10.2. The summed E-state index contributed by atoms with van der Waals surface area (Å²) in [6.07, 6.45) is 3.09. The van der Waals surface area contributed by atoms with E-state index in [0.29, 0.717) is 24.8 Å². The van der Waals surface area contributed by atoms with Crippen LogP contribution in [0, 0.1) is 0 Å². The lowest BCUT2D eigenvalue weighted by molar-refractivity contribution is -0.121. The van der Waals surface area contributed by atoms with Crippen molar-refractivity contribution in [3.05, 3.63) is 0 Å². The van der Waals surface area contributed by atoms with Gasteiger partial charge >= 0.3 is 0 Å². The van der Waals surface area contributed by atoms with Gasteiger partial charge in [-0.05, 0) is 27.2 Å². The Labute approximate surface area is 101 Å². The van der Waals surface area contributed by atoms with Gasteiger partial charge in [0.15, 0.2) is 0 Å². The van der Waals surface area contributed by atoms with E-state index in [4.69, 9.17) is 0 Å². The highest BCUT2D eigenvalue weighted by Gasteiger charge is 2.05. The van der Waals surface area contributed by atoms with Gasteiger partial charge in [0.25, 0.3) is 0 Å². The van der Waals surface area contributed by atoms with Crippen LogP contribution < -0.4 is 10.6 Å². The molecule has 16 heavy (non-hydrogen) atoms. The maximum Gasteiger partial charge on any atom is 0.221 e. The summed E-state index contributed by atoms with van der Waals surface area (Å²) >= 11 is 0. The molecular formula is C11H24N2O2S. The van der Waals surface area contributed by atoms with Crippen LogP contribution in [0.3, 0.4) is 0 Å². The van der Waals surface area contributed by atoms with E-state index in [0.717, 1.165) is 6.42 Å². The quantitative estimate of drug-likeness (QED) is 0.663. The Kier molecular flexibility index (Phi) is 8.47. The van der Waals surface area contributed by atoms with Crippen LogP contribution in [0.5, 0.6) is 0 Å². The minimum Gasteiger partial charge on any atom is -0.354 e. The van der Waals surface area contributed by atoms with Crippen molar-refractivity contribution in [1.82, 2.24) is 10.6 Å². The molecule has 2 N–H and O–H groups in total. The van der Waals surface area contributed by atoms with E-state index in [1.165, 1.54) is 0 Å². The lowest BCUT2D eigenvalue weighted by Crippen LogP contribution is -2.35. The molecule has 0 bridgehead atoms. The molecule has 0 aliphatic carbocycles. The summed E-state index contributed by atoms with van der Waals surface area (Å²) in [5.41, 5.74) is 0. The number of nitrogens with one attached hydrogen (secondary N) is 2. The van der Waals surface area contributed by atoms with E-state index < -0.39 is 10.8 Å². The zero-order valence-electron chi connectivity index (χ0n) is 10.7. The molecule has 2 unspecified atom stereocenters. The summed E-state index contributed by atoms with van der Waals surface area (Å²) in [7, 11) is -0.728. The Bertz CT molecular complexity index is 232. The van der Waals surface area contributed by atoms with Crippen LogP contribution >= 0.6 is 0 Å². The van der Waals surface area contributed by atoms with Gasteiger partial charge in [-0.15, -0.1) is 0 Å². The Morgan fingerprint density at radius 2 is 1.94 bits per heavy atom. The first-order chi connectivity index (χ1) is 7.41. The summed E-state index contributed by atoms with van der Waals surface area (Å²) in [4.78, 5) is 11.3. The summed E-state index contributed by atoms with van der Waals surface area (Å²) < 4.78 is 10.9. The van der Waals surface area contributed by atoms with Crippen molar-refractivity contribution < 1.29 is 9.00 Å². The average molecular weight is 248 g/mol. The molecule has 2 atom stereocenters. The van der Waals surface area contributed by atoms with Crippen LogP contribution in [0.15, 0.2) is 0 Å². The molecule has 1 amide bonds. The molecule has 0 fully saturated rings. The molecular weight excluding hydrogens is 224 g/mol. The Morgan fingerprint density at radius 1 is 1.31 bits per heavy atom. The van der Waals surface area contributed by atoms with Gasteiger partial charge in [-0.2, -0.15) is 0 Å². The number of rotatable bonds is 8. The van der Waals surface area contributed by atoms with E-state index in [-0.39, 0.29) is 11.9 Å². The first kappa shape index (κ1) is 15.6. The zero-order chi connectivity index (χ0) is 12.6. The summed E-state index contributed by atoms with van der Waals surface area (Å²) in [5.74, 6) is 0.792. The normalized spacial score (nSPS) is 14.8. The van der Waals surface area contributed by atoms with Gasteiger partial charge in [-0.3, -0.25) is 9.00 Å². The third-order valence-corrected chi connectivity index (χ3v) is 2.94. The van der Waals surface area contributed by atoms with Gasteiger partial charge in [-0.1, -0.05) is 0 Å². The minimum absolute atomic E-state index is 0.0776. The van der Waals surface area contributed by atoms with Crippen molar-refractivity contribution in [2.75, 3.05) is 18.6 Å². The van der Waals surface area contributed by atoms with Crippen molar-refractivity contribution in [2.24, 2.45) is 0 Å². The average Bonchev–Trinajstić information content (AvgIpc) is 2.13. The zero-order valence-corrected chi connectivity index (χ0v) is 11.5. The second-order valence-corrected chi connectivity index (χ2v) is 5.95. The molecule has 0 aromatic carbocycles. The number of hydrogen-bond acceptors (Lipinski definition) is 3. The van der Waals surface area contributed by atoms with Gasteiger partial charge in [0.05, 0.1) is 0 Å². The molecule has 0 aromatic rings. The molecule has 0 saturated heterocycles. The van der Waals surface area contributed by atoms with Gasteiger partial charge in [0.1, 0.15) is 0 Å². The first-order valence-corrected chi connectivity index (χ1v) is 7.47. The molecule has 0 saturated carbocycles. The number of hydrogen-bond donors (Lipinski definition) is 2. The van der Waals surface area contributed by atoms with Gasteiger partial charge in [-0.25, -0.2) is 0 Å². The predicted octanol–water partition coefficient (Wildman–Crippen LogP) is 0.648. The third kappa shape index (κ3) is 10.1. The topological polar surface area (TPSA) is 58.2 Å². The fourth-order valence-corrected chi connectivity index (χ4v) is 1.96. The van der Waals surface area contributed by atoms with Crippen LogP contribution in [0.1, 0.15) is 33.6 Å². The SMILES string of the molecule is CC(C)NC(=O)CCNC(C)CCS(C)=O. The van der Waals surface area contributed by atoms with Gasteiger partial charge < -0.3 is 10.6 Å². The minimum atomic E-state index is -0.728. The molecule has 0 aliphatic rings. The molecule has 5 heteroatoms. The van der Waals surface area contributed by atoms with Crippen molar-refractivity contribution in [1.29, 1.82) is 0 Å². The maximum absolute atomic E-state index is 11.3. The second-order valence-electron chi connectivity index (χ2n) is 4.39. The fourth-order valence-electron chi connectivity index (χ4n) is 1.27. The smallest absolute Gasteiger partial charge is 0.221 e. The maximum atomic E-state index is 11.3. The number of amides is 1. The van der Waals surface area contributed by atoms with Crippen LogP contribution in [-0.4, -0.2) is 40.8 Å². The van der Waals surface area contributed by atoms with Crippen LogP contribution in [0.25, 0.3) is 0 Å². The van der Waals surface area contributed by atoms with Crippen LogP contribution in [-0.2, 0) is 15.6 Å². The van der Waals surface area contributed by atoms with Crippen LogP contribution in [0.4, 0.5) is 0 Å². The Morgan fingerprint density at radius 3 is 2.44 bits per heavy atom. The van der Waals surface area contributed by atoms with E-state index in [1.807, 2.05) is 20.8 Å². The van der Waals surface area contributed by atoms with E-state index >= 15 is 0 Å². The second kappa shape index (κ2) is 8.70. The first-order valence-electron chi connectivity index (χ1n) is 5.74. The molecule has 0 aliphatic heterocycles. The monoisotopic (exact) mass is 248 g/mol. The third-order valence-electron chi connectivity index (χ3n) is 2.13. The Balaban J connectivity index is 3.50. The Hall–Kier alpha value is -0.420. The highest BCUT2D eigenvalue weighted by Crippen LogP contribution is 1.93. The van der Waals surface area contributed by atoms with Crippen molar-refractivity contribution in [3.8, 4) is 0 Å². The van der Waals surface area contributed by atoms with E-state index in [2.05, 4.69) is 10.6 Å². The van der Waals surface area contributed by atoms with Crippen molar-refractivity contribution in [3.63, 3.8) is 0 Å². The molecule has 96 valence electrons. The molecule has 0 aromatic heterocycles. The lowest BCUT2D eigenvalue weighted by Gasteiger charge is -2.13. The fraction of sp³-hybridized carbons (Fsp3) is 0.909. The predicted molar refractivity (Wildman–Crippen MR) is 68.9 cm³/mol. The van der Waals surface area contributed by atoms with Crippen molar-refractivity contribution in [2.45, 2.75) is 45.7 Å². The summed E-state index contributed by atoms with van der Waals surface area (Å²) in [6.45, 7) is 6.62. The largest absolute Gasteiger partial charge is 0.354 e. The highest BCUT2D eigenvalue weighted by molar-refractivity contribution is 7.84. The molecule has 0 rings (SSSR count). The summed E-state index contributed by atoms with van der Waals surface area (Å²) in [6, 6.07) is 0.517. The van der Waals surface area contributed by atoms with Crippen molar-refractivity contribution >= 4 is 16.7 Å². The van der Waals surface area contributed by atoms with Gasteiger partial charge in [0, 0.05) is 47.9 Å². The van der Waals surface area contributed by atoms with E-state index in [9.17, 15) is 9.00 Å². The van der Waals surface area contributed by atoms with Crippen LogP contribution in [0.2, 0.25) is 0 Å². The summed E-state index contributed by atoms with van der Waals surface area (Å²) in [5, 5.41) is 6.09. The van der Waals surface area contributed by atoms with E-state index in [1.54, 1.807) is 6.26 Å². The standard InChI is InChI=1S/C11H24N2O2S/c1-9(2)13-11(14)5-7-12-10(3)6-8-16(4)15/h9-10,12H,5-8H2,1-4H3,(H,13,14). The molecule has 0 heterocycles. The highest BCUT2D eigenvalue weighted by atomic mass is 32.2. The molecule has 0 radical (unpaired) electrons. The molecule has 4 nitrogen and oxygen atoms in total.